The van der Waals surface area contributed by atoms with E-state index in [1.165, 1.54) is 11.3 Å². The zero-order chi connectivity index (χ0) is 13.8. The third-order valence-electron chi connectivity index (χ3n) is 3.45. The van der Waals surface area contributed by atoms with Crippen LogP contribution in [-0.2, 0) is 13.0 Å². The van der Waals surface area contributed by atoms with Crippen molar-refractivity contribution < 1.29 is 0 Å². The van der Waals surface area contributed by atoms with Crippen molar-refractivity contribution in [1.29, 1.82) is 0 Å². The lowest BCUT2D eigenvalue weighted by atomic mass is 10.2. The minimum atomic E-state index is 0. The third-order valence-corrected chi connectivity index (χ3v) is 3.45. The number of nitrogens with zero attached hydrogens (tertiary/aromatic N) is 5. The van der Waals surface area contributed by atoms with Gasteiger partial charge in [0, 0.05) is 25.8 Å². The molecule has 0 atom stereocenters. The molecule has 7 heteroatoms. The molecule has 0 radical (unpaired) electrons. The summed E-state index contributed by atoms with van der Waals surface area (Å²) in [6.07, 6.45) is 4.33. The van der Waals surface area contributed by atoms with E-state index in [2.05, 4.69) is 49.6 Å². The number of hydrogen-bond donors (Lipinski definition) is 1. The largest absolute Gasteiger partial charge is 0.354 e. The molecule has 2 heterocycles. The summed E-state index contributed by atoms with van der Waals surface area (Å²) in [5, 5.41) is 7.46. The van der Waals surface area contributed by atoms with Crippen LogP contribution in [0.2, 0.25) is 0 Å². The van der Waals surface area contributed by atoms with Crippen molar-refractivity contribution >= 4 is 35.6 Å². The molecule has 112 valence electrons. The first-order chi connectivity index (χ1) is 9.88. The summed E-state index contributed by atoms with van der Waals surface area (Å²) >= 11 is 0. The van der Waals surface area contributed by atoms with Gasteiger partial charge in [0.2, 0.25) is 0 Å². The number of nitrogens with one attached hydrogen (secondary N) is 1. The highest BCUT2D eigenvalue weighted by molar-refractivity contribution is 14.0. The third kappa shape index (κ3) is 3.52. The average Bonchev–Trinajstić information content (AvgIpc) is 3.13. The van der Waals surface area contributed by atoms with Crippen molar-refractivity contribution in [1.82, 2.24) is 20.1 Å². The van der Waals surface area contributed by atoms with Gasteiger partial charge >= 0.3 is 0 Å². The second-order valence-corrected chi connectivity index (χ2v) is 4.66. The Bertz CT molecular complexity index is 595. The van der Waals surface area contributed by atoms with Gasteiger partial charge in [0.15, 0.2) is 5.96 Å². The van der Waals surface area contributed by atoms with E-state index in [0.717, 1.165) is 32.0 Å². The molecule has 0 spiro atoms. The molecule has 0 saturated carbocycles. The summed E-state index contributed by atoms with van der Waals surface area (Å²) in [5.74, 6) is 0.912. The molecule has 0 bridgehead atoms. The molecule has 1 aliphatic heterocycles. The van der Waals surface area contributed by atoms with Gasteiger partial charge in [0.1, 0.15) is 12.7 Å². The molecule has 1 aromatic carbocycles. The Kier molecular flexibility index (Phi) is 5.54. The van der Waals surface area contributed by atoms with Crippen LogP contribution in [0.15, 0.2) is 41.9 Å². The van der Waals surface area contributed by atoms with Crippen LogP contribution in [0.25, 0.3) is 0 Å². The van der Waals surface area contributed by atoms with Crippen LogP contribution in [0.3, 0.4) is 0 Å². The summed E-state index contributed by atoms with van der Waals surface area (Å²) in [5.41, 5.74) is 2.63. The predicted molar refractivity (Wildman–Crippen MR) is 94.3 cm³/mol. The number of rotatable bonds is 3. The molecule has 21 heavy (non-hydrogen) atoms. The van der Waals surface area contributed by atoms with Crippen LogP contribution in [0.4, 0.5) is 5.69 Å². The first-order valence-corrected chi connectivity index (χ1v) is 6.77. The standard InChI is InChI=1S/C14H18N6.HI/c1-15-14(17-7-9-19-11-16-10-18-19)20-8-6-12-4-2-3-5-13(12)20;/h2-5,10-11H,6-9H2,1H3,(H,15,17);1H. The Morgan fingerprint density at radius 3 is 3.00 bits per heavy atom. The van der Waals surface area contributed by atoms with Gasteiger partial charge < -0.3 is 10.2 Å². The fourth-order valence-corrected chi connectivity index (χ4v) is 2.48. The van der Waals surface area contributed by atoms with Crippen molar-refractivity contribution in [3.05, 3.63) is 42.5 Å². The highest BCUT2D eigenvalue weighted by atomic mass is 127. The molecular formula is C14H19IN6. The number of hydrogen-bond acceptors (Lipinski definition) is 3. The second kappa shape index (κ2) is 7.39. The molecule has 0 unspecified atom stereocenters. The normalized spacial score (nSPS) is 13.8. The summed E-state index contributed by atoms with van der Waals surface area (Å²) < 4.78 is 1.80. The molecule has 1 N–H and O–H groups in total. The summed E-state index contributed by atoms with van der Waals surface area (Å²) in [4.78, 5) is 10.5. The molecule has 0 amide bonds. The van der Waals surface area contributed by atoms with Crippen LogP contribution in [0.1, 0.15) is 5.56 Å². The number of aliphatic imine (C=N–C) groups is 1. The Labute approximate surface area is 141 Å². The number of benzene rings is 1. The number of guanidine groups is 1. The highest BCUT2D eigenvalue weighted by Gasteiger charge is 2.21. The Morgan fingerprint density at radius 1 is 1.38 bits per heavy atom. The lowest BCUT2D eigenvalue weighted by Crippen LogP contribution is -2.41. The number of para-hydroxylation sites is 1. The van der Waals surface area contributed by atoms with E-state index in [1.54, 1.807) is 17.3 Å². The Hall–Kier alpha value is -1.64. The number of anilines is 1. The number of halogens is 1. The van der Waals surface area contributed by atoms with Gasteiger partial charge in [0.25, 0.3) is 0 Å². The maximum Gasteiger partial charge on any atom is 0.198 e. The van der Waals surface area contributed by atoms with Gasteiger partial charge in [-0.1, -0.05) is 18.2 Å². The van der Waals surface area contributed by atoms with E-state index < -0.39 is 0 Å². The van der Waals surface area contributed by atoms with Gasteiger partial charge in [-0.05, 0) is 18.1 Å². The summed E-state index contributed by atoms with van der Waals surface area (Å²) in [6, 6.07) is 8.48. The number of aromatic nitrogens is 3. The van der Waals surface area contributed by atoms with Crippen molar-refractivity contribution in [3.8, 4) is 0 Å². The molecule has 1 aliphatic rings. The first-order valence-electron chi connectivity index (χ1n) is 6.77. The Balaban J connectivity index is 0.00000161. The topological polar surface area (TPSA) is 58.3 Å². The van der Waals surface area contributed by atoms with Gasteiger partial charge in [-0.25, -0.2) is 4.98 Å². The van der Waals surface area contributed by atoms with Crippen molar-refractivity contribution in [2.45, 2.75) is 13.0 Å². The minimum Gasteiger partial charge on any atom is -0.354 e. The lowest BCUT2D eigenvalue weighted by molar-refractivity contribution is 0.599. The highest BCUT2D eigenvalue weighted by Crippen LogP contribution is 2.27. The molecule has 0 saturated heterocycles. The van der Waals surface area contributed by atoms with E-state index in [-0.39, 0.29) is 24.0 Å². The quantitative estimate of drug-likeness (QED) is 0.484. The smallest absolute Gasteiger partial charge is 0.198 e. The van der Waals surface area contributed by atoms with Crippen molar-refractivity contribution in [3.63, 3.8) is 0 Å². The van der Waals surface area contributed by atoms with E-state index in [0.29, 0.717) is 0 Å². The average molecular weight is 398 g/mol. The minimum absolute atomic E-state index is 0. The summed E-state index contributed by atoms with van der Waals surface area (Å²) in [6.45, 7) is 2.52. The van der Waals surface area contributed by atoms with Crippen LogP contribution in [-0.4, -0.2) is 40.9 Å². The lowest BCUT2D eigenvalue weighted by Gasteiger charge is -2.22. The van der Waals surface area contributed by atoms with E-state index in [9.17, 15) is 0 Å². The SMILES string of the molecule is CN=C(NCCn1cncn1)N1CCc2ccccc21.I. The zero-order valence-electron chi connectivity index (χ0n) is 11.9. The maximum atomic E-state index is 4.37. The van der Waals surface area contributed by atoms with Crippen molar-refractivity contribution in [2.24, 2.45) is 4.99 Å². The second-order valence-electron chi connectivity index (χ2n) is 4.66. The zero-order valence-corrected chi connectivity index (χ0v) is 14.3. The fraction of sp³-hybridized carbons (Fsp3) is 0.357. The van der Waals surface area contributed by atoms with Crippen LogP contribution < -0.4 is 10.2 Å². The van der Waals surface area contributed by atoms with E-state index in [4.69, 9.17) is 0 Å². The van der Waals surface area contributed by atoms with Gasteiger partial charge in [-0.15, -0.1) is 24.0 Å². The maximum absolute atomic E-state index is 4.37. The molecular weight excluding hydrogens is 379 g/mol. The van der Waals surface area contributed by atoms with Gasteiger partial charge in [-0.3, -0.25) is 9.67 Å². The van der Waals surface area contributed by atoms with Gasteiger partial charge in [0.05, 0.1) is 6.54 Å². The molecule has 0 aliphatic carbocycles. The van der Waals surface area contributed by atoms with Crippen molar-refractivity contribution in [2.75, 3.05) is 25.0 Å². The Morgan fingerprint density at radius 2 is 2.24 bits per heavy atom. The fourth-order valence-electron chi connectivity index (χ4n) is 2.48. The molecule has 3 rings (SSSR count). The predicted octanol–water partition coefficient (Wildman–Crippen LogP) is 1.53. The van der Waals surface area contributed by atoms with E-state index >= 15 is 0 Å². The van der Waals surface area contributed by atoms with Crippen LogP contribution >= 0.6 is 24.0 Å². The summed E-state index contributed by atoms with van der Waals surface area (Å²) in [7, 11) is 1.82. The van der Waals surface area contributed by atoms with Gasteiger partial charge in [-0.2, -0.15) is 5.10 Å². The molecule has 2 aromatic rings. The molecule has 0 fully saturated rings. The number of fused-ring (bicyclic) bond motifs is 1. The molecule has 6 nitrogen and oxygen atoms in total. The van der Waals surface area contributed by atoms with Crippen LogP contribution in [0, 0.1) is 0 Å². The van der Waals surface area contributed by atoms with Crippen LogP contribution in [0.5, 0.6) is 0 Å². The first kappa shape index (κ1) is 15.7. The monoisotopic (exact) mass is 398 g/mol. The molecule has 1 aromatic heterocycles. The van der Waals surface area contributed by atoms with E-state index in [1.807, 2.05) is 7.05 Å².